The van der Waals surface area contributed by atoms with Crippen LogP contribution in [0.25, 0.3) is 0 Å². The number of nitrogens with one attached hydrogen (secondary N) is 2. The highest BCUT2D eigenvalue weighted by Crippen LogP contribution is 2.43. The van der Waals surface area contributed by atoms with Gasteiger partial charge in [0.25, 0.3) is 5.91 Å². The average molecular weight is 285 g/mol. The monoisotopic (exact) mass is 285 g/mol. The molecule has 19 heavy (non-hydrogen) atoms. The van der Waals surface area contributed by atoms with Crippen molar-refractivity contribution in [3.63, 3.8) is 0 Å². The Morgan fingerprint density at radius 1 is 1.37 bits per heavy atom. The first kappa shape index (κ1) is 15.6. The fourth-order valence-corrected chi connectivity index (χ4v) is 2.48. The summed E-state index contributed by atoms with van der Waals surface area (Å²) in [6.07, 6.45) is 0.00837. The highest BCUT2D eigenvalue weighted by Gasteiger charge is 2.22. The molecule has 0 saturated carbocycles. The van der Waals surface area contributed by atoms with Crippen LogP contribution in [0.15, 0.2) is 0 Å². The normalized spacial score (nSPS) is 10.9. The molecule has 0 aliphatic heterocycles. The van der Waals surface area contributed by atoms with Crippen molar-refractivity contribution in [3.05, 3.63) is 4.88 Å². The molecule has 1 rings (SSSR count). The minimum atomic E-state index is -0.186. The lowest BCUT2D eigenvalue weighted by Crippen LogP contribution is -2.17. The molecule has 108 valence electrons. The van der Waals surface area contributed by atoms with E-state index in [0.717, 1.165) is 11.5 Å². The summed E-state index contributed by atoms with van der Waals surface area (Å²) in [5.41, 5.74) is 6.43. The standard InChI is InChI=1S/C13H23N3O2S/c1-7(2)6-16-13-10(18-8(3)4)9(14)11(19-13)12(17)15-5/h7-8,16H,6,14H2,1-5H3,(H,15,17). The summed E-state index contributed by atoms with van der Waals surface area (Å²) >= 11 is 1.33. The molecule has 1 amide bonds. The number of hydrogen-bond donors (Lipinski definition) is 3. The lowest BCUT2D eigenvalue weighted by molar-refractivity contribution is 0.0967. The molecule has 1 aromatic heterocycles. The third-order valence-electron chi connectivity index (χ3n) is 2.36. The zero-order valence-electron chi connectivity index (χ0n) is 12.2. The van der Waals surface area contributed by atoms with E-state index < -0.39 is 0 Å². The second-order valence-corrected chi connectivity index (χ2v) is 6.04. The molecule has 0 atom stereocenters. The van der Waals surface area contributed by atoms with Gasteiger partial charge in [0, 0.05) is 13.6 Å². The molecular weight excluding hydrogens is 262 g/mol. The Hall–Kier alpha value is -1.43. The highest BCUT2D eigenvalue weighted by atomic mass is 32.1. The summed E-state index contributed by atoms with van der Waals surface area (Å²) in [5, 5.41) is 6.70. The Bertz CT molecular complexity index is 441. The van der Waals surface area contributed by atoms with Gasteiger partial charge in [0.15, 0.2) is 5.75 Å². The van der Waals surface area contributed by atoms with E-state index in [1.807, 2.05) is 13.8 Å². The summed E-state index contributed by atoms with van der Waals surface area (Å²) in [4.78, 5) is 12.2. The number of anilines is 2. The molecule has 4 N–H and O–H groups in total. The van der Waals surface area contributed by atoms with E-state index in [2.05, 4.69) is 24.5 Å². The number of hydrogen-bond acceptors (Lipinski definition) is 5. The molecule has 0 aliphatic rings. The van der Waals surface area contributed by atoms with Gasteiger partial charge in [0.2, 0.25) is 0 Å². The van der Waals surface area contributed by atoms with Crippen LogP contribution in [0, 0.1) is 5.92 Å². The van der Waals surface area contributed by atoms with Gasteiger partial charge >= 0.3 is 0 Å². The first-order valence-electron chi connectivity index (χ1n) is 6.41. The van der Waals surface area contributed by atoms with Gasteiger partial charge in [-0.2, -0.15) is 0 Å². The van der Waals surface area contributed by atoms with Gasteiger partial charge in [-0.15, -0.1) is 11.3 Å². The smallest absolute Gasteiger partial charge is 0.263 e. The Labute approximate surface area is 118 Å². The average Bonchev–Trinajstić information content (AvgIpc) is 2.63. The highest BCUT2D eigenvalue weighted by molar-refractivity contribution is 7.19. The summed E-state index contributed by atoms with van der Waals surface area (Å²) in [7, 11) is 1.59. The molecule has 0 saturated heterocycles. The summed E-state index contributed by atoms with van der Waals surface area (Å²) in [6.45, 7) is 8.91. The van der Waals surface area contributed by atoms with Crippen molar-refractivity contribution in [2.45, 2.75) is 33.8 Å². The number of nitrogens with two attached hydrogens (primary N) is 1. The number of ether oxygens (including phenoxy) is 1. The minimum absolute atomic E-state index is 0.00837. The maximum absolute atomic E-state index is 11.8. The van der Waals surface area contributed by atoms with Crippen LogP contribution in [0.3, 0.4) is 0 Å². The van der Waals surface area contributed by atoms with E-state index in [0.29, 0.717) is 22.2 Å². The SMILES string of the molecule is CNC(=O)c1sc(NCC(C)C)c(OC(C)C)c1N. The summed E-state index contributed by atoms with van der Waals surface area (Å²) in [5.74, 6) is 0.895. The molecular formula is C13H23N3O2S. The van der Waals surface area contributed by atoms with Crippen molar-refractivity contribution in [1.82, 2.24) is 5.32 Å². The van der Waals surface area contributed by atoms with Crippen LogP contribution in [0.4, 0.5) is 10.7 Å². The Kier molecular flexibility index (Phi) is 5.47. The third kappa shape index (κ3) is 4.02. The van der Waals surface area contributed by atoms with Crippen LogP contribution in [0.2, 0.25) is 0 Å². The largest absolute Gasteiger partial charge is 0.486 e. The van der Waals surface area contributed by atoms with E-state index in [9.17, 15) is 4.79 Å². The van der Waals surface area contributed by atoms with Crippen molar-refractivity contribution in [3.8, 4) is 5.75 Å². The van der Waals surface area contributed by atoms with E-state index in [1.165, 1.54) is 11.3 Å². The lowest BCUT2D eigenvalue weighted by Gasteiger charge is -2.13. The topological polar surface area (TPSA) is 76.4 Å². The van der Waals surface area contributed by atoms with Crippen molar-refractivity contribution >= 4 is 27.9 Å². The number of thiophene rings is 1. The lowest BCUT2D eigenvalue weighted by atomic mass is 10.2. The number of amides is 1. The van der Waals surface area contributed by atoms with Gasteiger partial charge in [-0.1, -0.05) is 13.8 Å². The second-order valence-electron chi connectivity index (χ2n) is 5.02. The quantitative estimate of drug-likeness (QED) is 0.750. The van der Waals surface area contributed by atoms with Gasteiger partial charge < -0.3 is 21.1 Å². The molecule has 1 aromatic rings. The van der Waals surface area contributed by atoms with Gasteiger partial charge in [-0.3, -0.25) is 4.79 Å². The molecule has 1 heterocycles. The maximum atomic E-state index is 11.8. The molecule has 0 aromatic carbocycles. The second kappa shape index (κ2) is 6.65. The predicted octanol–water partition coefficient (Wildman–Crippen LogP) is 2.54. The third-order valence-corrected chi connectivity index (χ3v) is 3.50. The first-order valence-corrected chi connectivity index (χ1v) is 7.23. The number of rotatable bonds is 6. The molecule has 0 bridgehead atoms. The number of nitrogen functional groups attached to an aromatic ring is 1. The van der Waals surface area contributed by atoms with Crippen LogP contribution in [0.5, 0.6) is 5.75 Å². The molecule has 6 heteroatoms. The van der Waals surface area contributed by atoms with Crippen molar-refractivity contribution in [2.24, 2.45) is 5.92 Å². The van der Waals surface area contributed by atoms with Gasteiger partial charge in [-0.25, -0.2) is 0 Å². The van der Waals surface area contributed by atoms with Crippen molar-refractivity contribution in [2.75, 3.05) is 24.6 Å². The Morgan fingerprint density at radius 3 is 2.47 bits per heavy atom. The van der Waals surface area contributed by atoms with Crippen LogP contribution >= 0.6 is 11.3 Å². The minimum Gasteiger partial charge on any atom is -0.486 e. The van der Waals surface area contributed by atoms with Crippen molar-refractivity contribution < 1.29 is 9.53 Å². The Morgan fingerprint density at radius 2 is 2.00 bits per heavy atom. The van der Waals surface area contributed by atoms with Gasteiger partial charge in [-0.05, 0) is 19.8 Å². The zero-order valence-corrected chi connectivity index (χ0v) is 13.0. The number of carbonyl (C=O) groups excluding carboxylic acids is 1. The van der Waals surface area contributed by atoms with Gasteiger partial charge in [0.05, 0.1) is 6.10 Å². The van der Waals surface area contributed by atoms with Gasteiger partial charge in [0.1, 0.15) is 15.6 Å². The van der Waals surface area contributed by atoms with E-state index in [4.69, 9.17) is 10.5 Å². The van der Waals surface area contributed by atoms with E-state index in [-0.39, 0.29) is 12.0 Å². The first-order chi connectivity index (χ1) is 8.86. The fraction of sp³-hybridized carbons (Fsp3) is 0.615. The van der Waals surface area contributed by atoms with Crippen LogP contribution < -0.4 is 21.1 Å². The van der Waals surface area contributed by atoms with Crippen molar-refractivity contribution in [1.29, 1.82) is 0 Å². The molecule has 0 aliphatic carbocycles. The Balaban J connectivity index is 3.08. The zero-order chi connectivity index (χ0) is 14.6. The fourth-order valence-electron chi connectivity index (χ4n) is 1.48. The maximum Gasteiger partial charge on any atom is 0.263 e. The predicted molar refractivity (Wildman–Crippen MR) is 81.2 cm³/mol. The van der Waals surface area contributed by atoms with E-state index in [1.54, 1.807) is 7.05 Å². The molecule has 5 nitrogen and oxygen atoms in total. The molecule has 0 fully saturated rings. The molecule has 0 radical (unpaired) electrons. The van der Waals surface area contributed by atoms with E-state index >= 15 is 0 Å². The number of carbonyl (C=O) groups is 1. The van der Waals surface area contributed by atoms with Crippen LogP contribution in [-0.4, -0.2) is 25.6 Å². The van der Waals surface area contributed by atoms with Crippen LogP contribution in [-0.2, 0) is 0 Å². The summed E-state index contributed by atoms with van der Waals surface area (Å²) < 4.78 is 5.73. The van der Waals surface area contributed by atoms with Crippen LogP contribution in [0.1, 0.15) is 37.4 Å². The summed E-state index contributed by atoms with van der Waals surface area (Å²) in [6, 6.07) is 0. The molecule has 0 spiro atoms. The molecule has 0 unspecified atom stereocenters.